The van der Waals surface area contributed by atoms with Crippen molar-refractivity contribution in [1.82, 2.24) is 10.2 Å². The van der Waals surface area contributed by atoms with E-state index >= 15 is 0 Å². The monoisotopic (exact) mass is 398 g/mol. The summed E-state index contributed by atoms with van der Waals surface area (Å²) in [5, 5.41) is 6.74. The second kappa shape index (κ2) is 12.0. The molecule has 0 aliphatic carbocycles. The molecule has 0 aliphatic heterocycles. The number of methoxy groups -OCH3 is 1. The van der Waals surface area contributed by atoms with Crippen LogP contribution in [0.3, 0.4) is 0 Å². The Morgan fingerprint density at radius 3 is 2.34 bits per heavy atom. The summed E-state index contributed by atoms with van der Waals surface area (Å²) in [4.78, 5) is 6.77. The Morgan fingerprint density at radius 2 is 1.72 bits per heavy atom. The van der Waals surface area contributed by atoms with Crippen LogP contribution < -0.4 is 20.1 Å². The first-order valence-corrected chi connectivity index (χ1v) is 10.2. The van der Waals surface area contributed by atoms with Gasteiger partial charge in [-0.3, -0.25) is 9.89 Å². The van der Waals surface area contributed by atoms with E-state index in [1.807, 2.05) is 25.1 Å². The van der Waals surface area contributed by atoms with Gasteiger partial charge in [0.25, 0.3) is 0 Å². The lowest BCUT2D eigenvalue weighted by Crippen LogP contribution is -2.31. The van der Waals surface area contributed by atoms with Gasteiger partial charge in [-0.15, -0.1) is 0 Å². The molecule has 0 bridgehead atoms. The molecule has 0 fully saturated rings. The van der Waals surface area contributed by atoms with Gasteiger partial charge >= 0.3 is 0 Å². The van der Waals surface area contributed by atoms with Crippen molar-refractivity contribution >= 4 is 11.6 Å². The first-order chi connectivity index (χ1) is 14.1. The van der Waals surface area contributed by atoms with Crippen molar-refractivity contribution in [2.75, 3.05) is 39.2 Å². The van der Waals surface area contributed by atoms with Crippen LogP contribution in [0.2, 0.25) is 0 Å². The van der Waals surface area contributed by atoms with Gasteiger partial charge in [0, 0.05) is 31.9 Å². The summed E-state index contributed by atoms with van der Waals surface area (Å²) < 4.78 is 11.0. The average molecular weight is 399 g/mol. The SMILES string of the molecule is CCOc1cc(NC(=NC)NCc2ccccc2CN(CC)CC)ccc1OC. The topological polar surface area (TPSA) is 58.1 Å². The number of nitrogens with one attached hydrogen (secondary N) is 2. The van der Waals surface area contributed by atoms with Gasteiger partial charge in [0.1, 0.15) is 0 Å². The van der Waals surface area contributed by atoms with E-state index in [2.05, 4.69) is 58.6 Å². The third-order valence-corrected chi connectivity index (χ3v) is 4.80. The van der Waals surface area contributed by atoms with Crippen molar-refractivity contribution in [2.45, 2.75) is 33.9 Å². The third kappa shape index (κ3) is 6.68. The van der Waals surface area contributed by atoms with Gasteiger partial charge < -0.3 is 20.1 Å². The standard InChI is InChI=1S/C23H34N4O2/c1-6-27(7-2)17-19-12-10-9-11-18(19)16-25-23(24-4)26-20-13-14-21(28-5)22(15-20)29-8-3/h9-15H,6-8,16-17H2,1-5H3,(H2,24,25,26). The molecular formula is C23H34N4O2. The normalized spacial score (nSPS) is 11.4. The molecule has 2 rings (SSSR count). The van der Waals surface area contributed by atoms with E-state index in [9.17, 15) is 0 Å². The number of ether oxygens (including phenoxy) is 2. The predicted octanol–water partition coefficient (Wildman–Crippen LogP) is 4.12. The van der Waals surface area contributed by atoms with Crippen LogP contribution >= 0.6 is 0 Å². The minimum absolute atomic E-state index is 0.579. The molecule has 0 unspecified atom stereocenters. The summed E-state index contributed by atoms with van der Waals surface area (Å²) in [6.07, 6.45) is 0. The largest absolute Gasteiger partial charge is 0.493 e. The van der Waals surface area contributed by atoms with E-state index in [0.29, 0.717) is 30.6 Å². The summed E-state index contributed by atoms with van der Waals surface area (Å²) >= 11 is 0. The number of aliphatic imine (C=N–C) groups is 1. The quantitative estimate of drug-likeness (QED) is 0.466. The Hall–Kier alpha value is -2.73. The number of rotatable bonds is 10. The Morgan fingerprint density at radius 1 is 1.00 bits per heavy atom. The highest BCUT2D eigenvalue weighted by molar-refractivity contribution is 5.93. The Bertz CT molecular complexity index is 788. The Labute approximate surface area is 174 Å². The molecule has 2 N–H and O–H groups in total. The van der Waals surface area contributed by atoms with E-state index in [-0.39, 0.29) is 0 Å². The summed E-state index contributed by atoms with van der Waals surface area (Å²) in [7, 11) is 3.41. The fourth-order valence-corrected chi connectivity index (χ4v) is 3.09. The van der Waals surface area contributed by atoms with Crippen LogP contribution in [-0.2, 0) is 13.1 Å². The van der Waals surface area contributed by atoms with Crippen LogP contribution in [0.4, 0.5) is 5.69 Å². The van der Waals surface area contributed by atoms with Crippen molar-refractivity contribution in [3.63, 3.8) is 0 Å². The van der Waals surface area contributed by atoms with Crippen molar-refractivity contribution in [3.8, 4) is 11.5 Å². The number of guanidine groups is 1. The van der Waals surface area contributed by atoms with Crippen molar-refractivity contribution in [3.05, 3.63) is 53.6 Å². The molecule has 0 saturated heterocycles. The number of hydrogen-bond donors (Lipinski definition) is 2. The second-order valence-electron chi connectivity index (χ2n) is 6.58. The highest BCUT2D eigenvalue weighted by atomic mass is 16.5. The molecule has 158 valence electrons. The molecule has 0 aromatic heterocycles. The van der Waals surface area contributed by atoms with Gasteiger partial charge in [0.05, 0.1) is 13.7 Å². The Kier molecular flexibility index (Phi) is 9.31. The highest BCUT2D eigenvalue weighted by Gasteiger charge is 2.09. The van der Waals surface area contributed by atoms with Crippen LogP contribution in [0.5, 0.6) is 11.5 Å². The maximum Gasteiger partial charge on any atom is 0.195 e. The van der Waals surface area contributed by atoms with E-state index in [1.165, 1.54) is 11.1 Å². The van der Waals surface area contributed by atoms with Gasteiger partial charge in [-0.1, -0.05) is 38.1 Å². The van der Waals surface area contributed by atoms with E-state index in [0.717, 1.165) is 25.3 Å². The Balaban J connectivity index is 2.06. The van der Waals surface area contributed by atoms with Crippen LogP contribution in [0, 0.1) is 0 Å². The maximum atomic E-state index is 5.66. The van der Waals surface area contributed by atoms with Gasteiger partial charge in [0.2, 0.25) is 0 Å². The average Bonchev–Trinajstić information content (AvgIpc) is 2.76. The lowest BCUT2D eigenvalue weighted by Gasteiger charge is -2.21. The first-order valence-electron chi connectivity index (χ1n) is 10.2. The molecule has 6 heteroatoms. The van der Waals surface area contributed by atoms with Crippen molar-refractivity contribution in [1.29, 1.82) is 0 Å². The number of anilines is 1. The lowest BCUT2D eigenvalue weighted by atomic mass is 10.1. The van der Waals surface area contributed by atoms with Gasteiger partial charge in [-0.25, -0.2) is 0 Å². The smallest absolute Gasteiger partial charge is 0.195 e. The zero-order chi connectivity index (χ0) is 21.1. The molecule has 0 atom stereocenters. The molecule has 0 saturated carbocycles. The van der Waals surface area contributed by atoms with Crippen molar-refractivity contribution < 1.29 is 9.47 Å². The maximum absolute atomic E-state index is 5.66. The second-order valence-corrected chi connectivity index (χ2v) is 6.58. The first kappa shape index (κ1) is 22.6. The minimum atomic E-state index is 0.579. The number of benzene rings is 2. The lowest BCUT2D eigenvalue weighted by molar-refractivity contribution is 0.295. The summed E-state index contributed by atoms with van der Waals surface area (Å²) in [6.45, 7) is 10.7. The molecule has 2 aromatic carbocycles. The van der Waals surface area contributed by atoms with Crippen LogP contribution in [0.1, 0.15) is 31.9 Å². The molecular weight excluding hydrogens is 364 g/mol. The molecule has 0 radical (unpaired) electrons. The van der Waals surface area contributed by atoms with E-state index in [4.69, 9.17) is 9.47 Å². The van der Waals surface area contributed by atoms with E-state index < -0.39 is 0 Å². The molecule has 0 spiro atoms. The van der Waals surface area contributed by atoms with Crippen LogP contribution in [0.25, 0.3) is 0 Å². The fourth-order valence-electron chi connectivity index (χ4n) is 3.09. The van der Waals surface area contributed by atoms with Crippen LogP contribution in [-0.4, -0.2) is 44.7 Å². The number of hydrogen-bond acceptors (Lipinski definition) is 4. The number of nitrogens with zero attached hydrogens (tertiary/aromatic N) is 2. The van der Waals surface area contributed by atoms with Crippen LogP contribution in [0.15, 0.2) is 47.5 Å². The third-order valence-electron chi connectivity index (χ3n) is 4.80. The van der Waals surface area contributed by atoms with Gasteiger partial charge in [-0.05, 0) is 43.3 Å². The van der Waals surface area contributed by atoms with Gasteiger partial charge in [-0.2, -0.15) is 0 Å². The minimum Gasteiger partial charge on any atom is -0.493 e. The molecule has 29 heavy (non-hydrogen) atoms. The molecule has 0 amide bonds. The van der Waals surface area contributed by atoms with Gasteiger partial charge in [0.15, 0.2) is 17.5 Å². The zero-order valence-electron chi connectivity index (χ0n) is 18.3. The summed E-state index contributed by atoms with van der Waals surface area (Å²) in [6, 6.07) is 14.3. The predicted molar refractivity (Wildman–Crippen MR) is 121 cm³/mol. The molecule has 6 nitrogen and oxygen atoms in total. The molecule has 0 heterocycles. The molecule has 0 aliphatic rings. The van der Waals surface area contributed by atoms with Crippen molar-refractivity contribution in [2.24, 2.45) is 4.99 Å². The highest BCUT2D eigenvalue weighted by Crippen LogP contribution is 2.30. The molecule has 2 aromatic rings. The summed E-state index contributed by atoms with van der Waals surface area (Å²) in [5.41, 5.74) is 3.49. The zero-order valence-corrected chi connectivity index (χ0v) is 18.3. The fraction of sp³-hybridized carbons (Fsp3) is 0.435. The summed E-state index contributed by atoms with van der Waals surface area (Å²) in [5.74, 6) is 2.13. The van der Waals surface area contributed by atoms with E-state index in [1.54, 1.807) is 14.2 Å².